The second-order valence-electron chi connectivity index (χ2n) is 5.54. The number of fused-ring (bicyclic) bond motifs is 2. The number of hydrogen-bond acceptors (Lipinski definition) is 4. The van der Waals surface area contributed by atoms with E-state index in [2.05, 4.69) is 10.0 Å². The van der Waals surface area contributed by atoms with Crippen LogP contribution in [0.4, 0.5) is 11.4 Å². The Morgan fingerprint density at radius 1 is 1.12 bits per heavy atom. The topological polar surface area (TPSA) is 84.5 Å². The van der Waals surface area contributed by atoms with Crippen molar-refractivity contribution >= 4 is 27.3 Å². The van der Waals surface area contributed by atoms with Crippen LogP contribution in [-0.4, -0.2) is 20.1 Å². The number of carbonyl (C=O) groups excluding carboxylic acids is 1. The Morgan fingerprint density at radius 3 is 2.71 bits per heavy atom. The Labute approximate surface area is 140 Å². The summed E-state index contributed by atoms with van der Waals surface area (Å²) in [6.07, 6.45) is 1.37. The molecule has 7 heteroatoms. The number of amides is 1. The highest BCUT2D eigenvalue weighted by molar-refractivity contribution is 7.92. The van der Waals surface area contributed by atoms with Crippen LogP contribution in [-0.2, 0) is 10.0 Å². The lowest BCUT2D eigenvalue weighted by atomic mass is 10.1. The number of sulfonamides is 1. The van der Waals surface area contributed by atoms with E-state index < -0.39 is 10.0 Å². The molecule has 2 aromatic carbocycles. The molecule has 0 radical (unpaired) electrons. The van der Waals surface area contributed by atoms with Gasteiger partial charge in [-0.25, -0.2) is 8.42 Å². The number of para-hydroxylation sites is 2. The first-order chi connectivity index (χ1) is 11.5. The van der Waals surface area contributed by atoms with E-state index in [0.29, 0.717) is 29.3 Å². The van der Waals surface area contributed by atoms with Gasteiger partial charge >= 0.3 is 0 Å². The number of unbranched alkanes of at least 4 members (excludes halogenated alkanes) is 1. The highest BCUT2D eigenvalue weighted by Crippen LogP contribution is 2.36. The van der Waals surface area contributed by atoms with Crippen molar-refractivity contribution in [3.05, 3.63) is 48.0 Å². The van der Waals surface area contributed by atoms with Gasteiger partial charge in [0.15, 0.2) is 5.75 Å². The second kappa shape index (κ2) is 6.52. The Balaban J connectivity index is 1.89. The van der Waals surface area contributed by atoms with Gasteiger partial charge in [0.25, 0.3) is 5.91 Å². The summed E-state index contributed by atoms with van der Waals surface area (Å²) in [5.74, 6) is 0.633. The Hall–Kier alpha value is -2.54. The summed E-state index contributed by atoms with van der Waals surface area (Å²) in [6.45, 7) is 1.93. The van der Waals surface area contributed by atoms with E-state index in [1.165, 1.54) is 6.07 Å². The molecular formula is C17H18N2O4S. The van der Waals surface area contributed by atoms with Crippen molar-refractivity contribution in [3.8, 4) is 11.5 Å². The molecule has 0 unspecified atom stereocenters. The van der Waals surface area contributed by atoms with Crippen molar-refractivity contribution in [1.82, 2.24) is 0 Å². The third-order valence-corrected chi connectivity index (χ3v) is 4.99. The van der Waals surface area contributed by atoms with Crippen molar-refractivity contribution in [2.75, 3.05) is 15.8 Å². The fourth-order valence-corrected chi connectivity index (χ4v) is 3.65. The molecule has 1 aliphatic rings. The number of ether oxygens (including phenoxy) is 1. The van der Waals surface area contributed by atoms with Gasteiger partial charge < -0.3 is 10.1 Å². The molecule has 3 rings (SSSR count). The van der Waals surface area contributed by atoms with E-state index in [-0.39, 0.29) is 17.2 Å². The monoisotopic (exact) mass is 346 g/mol. The minimum Gasteiger partial charge on any atom is -0.454 e. The molecule has 2 aromatic rings. The maximum absolute atomic E-state index is 12.4. The van der Waals surface area contributed by atoms with Gasteiger partial charge in [-0.15, -0.1) is 0 Å². The third kappa shape index (κ3) is 3.51. The molecule has 6 nitrogen and oxygen atoms in total. The summed E-state index contributed by atoms with van der Waals surface area (Å²) in [5, 5.41) is 2.76. The molecule has 1 heterocycles. The standard InChI is InChI=1S/C17H18N2O4S/c1-2-3-10-24(21,22)19-12-8-9-15-13(11-12)17(20)18-14-6-4-5-7-16(14)23-15/h4-9,11,19H,2-3,10H2,1H3,(H,18,20). The molecule has 0 bridgehead atoms. The number of rotatable bonds is 5. The van der Waals surface area contributed by atoms with Crippen molar-refractivity contribution in [3.63, 3.8) is 0 Å². The quantitative estimate of drug-likeness (QED) is 0.866. The zero-order valence-electron chi connectivity index (χ0n) is 13.2. The van der Waals surface area contributed by atoms with Crippen LogP contribution in [0.25, 0.3) is 0 Å². The number of carbonyl (C=O) groups is 1. The van der Waals surface area contributed by atoms with Crippen LogP contribution in [0.1, 0.15) is 30.1 Å². The molecule has 1 aliphatic heterocycles. The summed E-state index contributed by atoms with van der Waals surface area (Å²) < 4.78 is 32.3. The predicted molar refractivity (Wildman–Crippen MR) is 93.2 cm³/mol. The van der Waals surface area contributed by atoms with Crippen LogP contribution in [0.2, 0.25) is 0 Å². The molecule has 0 atom stereocenters. The minimum absolute atomic E-state index is 0.0503. The summed E-state index contributed by atoms with van der Waals surface area (Å²) in [7, 11) is -3.43. The summed E-state index contributed by atoms with van der Waals surface area (Å²) in [6, 6.07) is 11.8. The van der Waals surface area contributed by atoms with E-state index in [4.69, 9.17) is 4.74 Å². The fraction of sp³-hybridized carbons (Fsp3) is 0.235. The largest absolute Gasteiger partial charge is 0.454 e. The third-order valence-electron chi connectivity index (χ3n) is 3.62. The molecule has 1 amide bonds. The van der Waals surface area contributed by atoms with Gasteiger partial charge in [0.05, 0.1) is 17.0 Å². The molecule has 0 saturated heterocycles. The van der Waals surface area contributed by atoms with Crippen molar-refractivity contribution < 1.29 is 17.9 Å². The highest BCUT2D eigenvalue weighted by Gasteiger charge is 2.21. The molecule has 0 fully saturated rings. The van der Waals surface area contributed by atoms with E-state index >= 15 is 0 Å². The average molecular weight is 346 g/mol. The second-order valence-corrected chi connectivity index (χ2v) is 7.38. The number of benzene rings is 2. The maximum atomic E-state index is 12.4. The Morgan fingerprint density at radius 2 is 1.92 bits per heavy atom. The average Bonchev–Trinajstić information content (AvgIpc) is 2.69. The van der Waals surface area contributed by atoms with E-state index in [0.717, 1.165) is 6.42 Å². The van der Waals surface area contributed by atoms with E-state index in [1.807, 2.05) is 13.0 Å². The maximum Gasteiger partial charge on any atom is 0.259 e. The van der Waals surface area contributed by atoms with Crippen LogP contribution < -0.4 is 14.8 Å². The lowest BCUT2D eigenvalue weighted by molar-refractivity contribution is 0.102. The van der Waals surface area contributed by atoms with E-state index in [1.54, 1.807) is 30.3 Å². The van der Waals surface area contributed by atoms with Gasteiger partial charge in [-0.2, -0.15) is 0 Å². The SMILES string of the molecule is CCCCS(=O)(=O)Nc1ccc2c(c1)C(=O)Nc1ccccc1O2. The summed E-state index contributed by atoms with van der Waals surface area (Å²) in [4.78, 5) is 12.4. The summed E-state index contributed by atoms with van der Waals surface area (Å²) in [5.41, 5.74) is 1.19. The molecular weight excluding hydrogens is 328 g/mol. The zero-order chi connectivity index (χ0) is 17.2. The molecule has 126 valence electrons. The lowest BCUT2D eigenvalue weighted by Crippen LogP contribution is -2.17. The van der Waals surface area contributed by atoms with Crippen LogP contribution >= 0.6 is 0 Å². The molecule has 0 aromatic heterocycles. The predicted octanol–water partition coefficient (Wildman–Crippen LogP) is 3.59. The normalized spacial score (nSPS) is 13.1. The fourth-order valence-electron chi connectivity index (χ4n) is 2.39. The minimum atomic E-state index is -3.43. The van der Waals surface area contributed by atoms with Gasteiger partial charge in [-0.05, 0) is 36.8 Å². The number of anilines is 2. The molecule has 0 spiro atoms. The first-order valence-electron chi connectivity index (χ1n) is 7.71. The van der Waals surface area contributed by atoms with Gasteiger partial charge in [0.1, 0.15) is 5.75 Å². The van der Waals surface area contributed by atoms with Crippen molar-refractivity contribution in [2.24, 2.45) is 0 Å². The molecule has 24 heavy (non-hydrogen) atoms. The van der Waals surface area contributed by atoms with Crippen LogP contribution in [0, 0.1) is 0 Å². The molecule has 0 saturated carbocycles. The van der Waals surface area contributed by atoms with Gasteiger partial charge in [-0.3, -0.25) is 9.52 Å². The van der Waals surface area contributed by atoms with Crippen LogP contribution in [0.15, 0.2) is 42.5 Å². The van der Waals surface area contributed by atoms with Gasteiger partial charge in [0.2, 0.25) is 10.0 Å². The first kappa shape index (κ1) is 16.3. The van der Waals surface area contributed by atoms with E-state index in [9.17, 15) is 13.2 Å². The summed E-state index contributed by atoms with van der Waals surface area (Å²) >= 11 is 0. The highest BCUT2D eigenvalue weighted by atomic mass is 32.2. The lowest BCUT2D eigenvalue weighted by Gasteiger charge is -2.11. The van der Waals surface area contributed by atoms with Crippen molar-refractivity contribution in [2.45, 2.75) is 19.8 Å². The smallest absolute Gasteiger partial charge is 0.259 e. The number of hydrogen-bond donors (Lipinski definition) is 2. The molecule has 0 aliphatic carbocycles. The Kier molecular flexibility index (Phi) is 4.44. The van der Waals surface area contributed by atoms with Crippen molar-refractivity contribution in [1.29, 1.82) is 0 Å². The molecule has 2 N–H and O–H groups in total. The number of nitrogens with one attached hydrogen (secondary N) is 2. The van der Waals surface area contributed by atoms with Gasteiger partial charge in [-0.1, -0.05) is 25.5 Å². The Bertz CT molecular complexity index is 878. The zero-order valence-corrected chi connectivity index (χ0v) is 14.0. The van der Waals surface area contributed by atoms with Crippen LogP contribution in [0.3, 0.4) is 0 Å². The van der Waals surface area contributed by atoms with Gasteiger partial charge in [0, 0.05) is 5.69 Å². The first-order valence-corrected chi connectivity index (χ1v) is 9.36. The van der Waals surface area contributed by atoms with Crippen LogP contribution in [0.5, 0.6) is 11.5 Å².